The van der Waals surface area contributed by atoms with Gasteiger partial charge in [0.1, 0.15) is 5.75 Å². The SMILES string of the molecule is CSCCCNC(=O)COc1ccccc1N. The van der Waals surface area contributed by atoms with E-state index >= 15 is 0 Å². The normalized spacial score (nSPS) is 9.94. The number of rotatable bonds is 7. The van der Waals surface area contributed by atoms with Crippen molar-refractivity contribution in [2.24, 2.45) is 0 Å². The maximum atomic E-state index is 11.4. The molecule has 0 fully saturated rings. The molecule has 0 saturated carbocycles. The van der Waals surface area contributed by atoms with Crippen molar-refractivity contribution < 1.29 is 9.53 Å². The molecule has 0 radical (unpaired) electrons. The number of hydrogen-bond acceptors (Lipinski definition) is 4. The van der Waals surface area contributed by atoms with Crippen LogP contribution in [0.1, 0.15) is 6.42 Å². The summed E-state index contributed by atoms with van der Waals surface area (Å²) in [7, 11) is 0. The first-order valence-corrected chi connectivity index (χ1v) is 6.86. The van der Waals surface area contributed by atoms with E-state index < -0.39 is 0 Å². The number of anilines is 1. The zero-order valence-electron chi connectivity index (χ0n) is 9.94. The van der Waals surface area contributed by atoms with Crippen molar-refractivity contribution in [2.45, 2.75) is 6.42 Å². The van der Waals surface area contributed by atoms with Gasteiger partial charge in [-0.05, 0) is 30.6 Å². The molecule has 5 heteroatoms. The van der Waals surface area contributed by atoms with E-state index in [9.17, 15) is 4.79 Å². The van der Waals surface area contributed by atoms with Gasteiger partial charge in [-0.3, -0.25) is 4.79 Å². The third-order valence-corrected chi connectivity index (χ3v) is 2.82. The molecular formula is C12H18N2O2S. The largest absolute Gasteiger partial charge is 0.482 e. The van der Waals surface area contributed by atoms with Crippen molar-refractivity contribution in [3.63, 3.8) is 0 Å². The molecule has 3 N–H and O–H groups in total. The molecule has 1 amide bonds. The van der Waals surface area contributed by atoms with Crippen molar-refractivity contribution in [3.05, 3.63) is 24.3 Å². The molecule has 0 saturated heterocycles. The molecule has 0 aliphatic heterocycles. The fraction of sp³-hybridized carbons (Fsp3) is 0.417. The Bertz CT molecular complexity index is 358. The average molecular weight is 254 g/mol. The summed E-state index contributed by atoms with van der Waals surface area (Å²) in [5.41, 5.74) is 6.23. The smallest absolute Gasteiger partial charge is 0.257 e. The van der Waals surface area contributed by atoms with Gasteiger partial charge in [0, 0.05) is 6.54 Å². The Hall–Kier alpha value is -1.36. The van der Waals surface area contributed by atoms with Gasteiger partial charge in [0.05, 0.1) is 5.69 Å². The van der Waals surface area contributed by atoms with Crippen LogP contribution < -0.4 is 15.8 Å². The van der Waals surface area contributed by atoms with E-state index in [1.54, 1.807) is 23.9 Å². The number of carbonyl (C=O) groups is 1. The van der Waals surface area contributed by atoms with Gasteiger partial charge in [-0.1, -0.05) is 12.1 Å². The van der Waals surface area contributed by atoms with Crippen LogP contribution in [0.15, 0.2) is 24.3 Å². The van der Waals surface area contributed by atoms with E-state index in [-0.39, 0.29) is 12.5 Å². The second kappa shape index (κ2) is 7.84. The number of ether oxygens (including phenoxy) is 1. The molecule has 0 unspecified atom stereocenters. The fourth-order valence-corrected chi connectivity index (χ4v) is 1.68. The van der Waals surface area contributed by atoms with Crippen LogP contribution in [0, 0.1) is 0 Å². The van der Waals surface area contributed by atoms with E-state index in [4.69, 9.17) is 10.5 Å². The van der Waals surface area contributed by atoms with Crippen LogP contribution in [0.25, 0.3) is 0 Å². The van der Waals surface area contributed by atoms with E-state index in [0.717, 1.165) is 12.2 Å². The van der Waals surface area contributed by atoms with E-state index in [1.807, 2.05) is 18.4 Å². The highest BCUT2D eigenvalue weighted by molar-refractivity contribution is 7.98. The molecule has 17 heavy (non-hydrogen) atoms. The molecule has 0 aromatic heterocycles. The second-order valence-electron chi connectivity index (χ2n) is 3.52. The third-order valence-electron chi connectivity index (χ3n) is 2.13. The molecule has 0 heterocycles. The number of amides is 1. The number of carbonyl (C=O) groups excluding carboxylic acids is 1. The van der Waals surface area contributed by atoms with Gasteiger partial charge in [-0.25, -0.2) is 0 Å². The molecule has 1 aromatic carbocycles. The molecule has 0 bridgehead atoms. The van der Waals surface area contributed by atoms with Gasteiger partial charge < -0.3 is 15.8 Å². The molecule has 4 nitrogen and oxygen atoms in total. The summed E-state index contributed by atoms with van der Waals surface area (Å²) in [5, 5.41) is 2.79. The first-order valence-electron chi connectivity index (χ1n) is 5.47. The standard InChI is InChI=1S/C12H18N2O2S/c1-17-8-4-7-14-12(15)9-16-11-6-3-2-5-10(11)13/h2-3,5-6H,4,7-9,13H2,1H3,(H,14,15). The zero-order valence-corrected chi connectivity index (χ0v) is 10.8. The maximum Gasteiger partial charge on any atom is 0.257 e. The number of hydrogen-bond donors (Lipinski definition) is 2. The maximum absolute atomic E-state index is 11.4. The number of para-hydroxylation sites is 2. The zero-order chi connectivity index (χ0) is 12.5. The number of benzene rings is 1. The topological polar surface area (TPSA) is 64.3 Å². The van der Waals surface area contributed by atoms with Crippen molar-refractivity contribution in [3.8, 4) is 5.75 Å². The Morgan fingerprint density at radius 2 is 2.24 bits per heavy atom. The fourth-order valence-electron chi connectivity index (χ4n) is 1.25. The van der Waals surface area contributed by atoms with Gasteiger partial charge in [0.15, 0.2) is 6.61 Å². The first kappa shape index (κ1) is 13.7. The van der Waals surface area contributed by atoms with Gasteiger partial charge >= 0.3 is 0 Å². The van der Waals surface area contributed by atoms with Crippen LogP contribution in [-0.4, -0.2) is 31.1 Å². The van der Waals surface area contributed by atoms with Crippen molar-refractivity contribution >= 4 is 23.4 Å². The Kier molecular flexibility index (Phi) is 6.32. The highest BCUT2D eigenvalue weighted by Gasteiger charge is 2.03. The number of nitrogen functional groups attached to an aromatic ring is 1. The van der Waals surface area contributed by atoms with E-state index in [0.29, 0.717) is 18.0 Å². The second-order valence-corrected chi connectivity index (χ2v) is 4.51. The monoisotopic (exact) mass is 254 g/mol. The first-order chi connectivity index (χ1) is 8.24. The molecule has 94 valence electrons. The van der Waals surface area contributed by atoms with Crippen molar-refractivity contribution in [1.82, 2.24) is 5.32 Å². The number of nitrogens with one attached hydrogen (secondary N) is 1. The predicted octanol–water partition coefficient (Wildman–Crippen LogP) is 1.52. The summed E-state index contributed by atoms with van der Waals surface area (Å²) < 4.78 is 5.31. The summed E-state index contributed by atoms with van der Waals surface area (Å²) in [6, 6.07) is 7.13. The van der Waals surface area contributed by atoms with Crippen LogP contribution in [0.4, 0.5) is 5.69 Å². The van der Waals surface area contributed by atoms with Gasteiger partial charge in [-0.15, -0.1) is 0 Å². The van der Waals surface area contributed by atoms with Crippen LogP contribution >= 0.6 is 11.8 Å². The number of nitrogens with two attached hydrogens (primary N) is 1. The van der Waals surface area contributed by atoms with E-state index in [2.05, 4.69) is 5.32 Å². The molecule has 1 rings (SSSR count). The quantitative estimate of drug-likeness (QED) is 0.572. The lowest BCUT2D eigenvalue weighted by Crippen LogP contribution is -2.30. The summed E-state index contributed by atoms with van der Waals surface area (Å²) in [5.74, 6) is 1.48. The Morgan fingerprint density at radius 1 is 1.47 bits per heavy atom. The third kappa shape index (κ3) is 5.49. The van der Waals surface area contributed by atoms with Crippen LogP contribution in [0.2, 0.25) is 0 Å². The summed E-state index contributed by atoms with van der Waals surface area (Å²) in [6.07, 6.45) is 3.02. The van der Waals surface area contributed by atoms with Gasteiger partial charge in [0.2, 0.25) is 0 Å². The average Bonchev–Trinajstić information content (AvgIpc) is 2.34. The minimum atomic E-state index is -0.116. The number of thioether (sulfide) groups is 1. The molecule has 0 spiro atoms. The summed E-state index contributed by atoms with van der Waals surface area (Å²) >= 11 is 1.77. The lowest BCUT2D eigenvalue weighted by Gasteiger charge is -2.08. The van der Waals surface area contributed by atoms with Crippen molar-refractivity contribution in [2.75, 3.05) is 30.9 Å². The molecule has 1 aromatic rings. The van der Waals surface area contributed by atoms with Crippen LogP contribution in [0.3, 0.4) is 0 Å². The highest BCUT2D eigenvalue weighted by atomic mass is 32.2. The predicted molar refractivity (Wildman–Crippen MR) is 72.4 cm³/mol. The van der Waals surface area contributed by atoms with Crippen LogP contribution in [-0.2, 0) is 4.79 Å². The molecule has 0 aliphatic carbocycles. The Morgan fingerprint density at radius 3 is 2.94 bits per heavy atom. The van der Waals surface area contributed by atoms with Gasteiger partial charge in [0.25, 0.3) is 5.91 Å². The van der Waals surface area contributed by atoms with E-state index in [1.165, 1.54) is 0 Å². The van der Waals surface area contributed by atoms with Crippen LogP contribution in [0.5, 0.6) is 5.75 Å². The Labute approximate surface area is 106 Å². The molecular weight excluding hydrogens is 236 g/mol. The highest BCUT2D eigenvalue weighted by Crippen LogP contribution is 2.19. The Balaban J connectivity index is 2.22. The molecule has 0 atom stereocenters. The lowest BCUT2D eigenvalue weighted by atomic mass is 10.3. The lowest BCUT2D eigenvalue weighted by molar-refractivity contribution is -0.123. The van der Waals surface area contributed by atoms with Crippen molar-refractivity contribution in [1.29, 1.82) is 0 Å². The minimum absolute atomic E-state index is 0.00742. The summed E-state index contributed by atoms with van der Waals surface area (Å²) in [6.45, 7) is 0.695. The minimum Gasteiger partial charge on any atom is -0.482 e. The van der Waals surface area contributed by atoms with Gasteiger partial charge in [-0.2, -0.15) is 11.8 Å². The summed E-state index contributed by atoms with van der Waals surface area (Å²) in [4.78, 5) is 11.4. The molecule has 0 aliphatic rings.